The largest absolute Gasteiger partial charge is 0.383 e. The van der Waals surface area contributed by atoms with Crippen LogP contribution in [0.3, 0.4) is 0 Å². The lowest BCUT2D eigenvalue weighted by Crippen LogP contribution is -2.34. The molecule has 0 aliphatic carbocycles. The SMILES string of the molecule is COCC(Cl)CN(C)C(=O)c1ccn(C)c(=O)c1. The molecule has 0 aromatic carbocycles. The zero-order valence-electron chi connectivity index (χ0n) is 10.7. The average molecular weight is 273 g/mol. The molecule has 1 rings (SSSR count). The molecule has 1 aromatic heterocycles. The van der Waals surface area contributed by atoms with Crippen LogP contribution in [0.1, 0.15) is 10.4 Å². The zero-order valence-corrected chi connectivity index (χ0v) is 11.5. The van der Waals surface area contributed by atoms with Gasteiger partial charge in [-0.2, -0.15) is 0 Å². The Morgan fingerprint density at radius 1 is 1.61 bits per heavy atom. The van der Waals surface area contributed by atoms with Crippen molar-refractivity contribution in [2.75, 3.05) is 27.3 Å². The zero-order chi connectivity index (χ0) is 13.7. The Morgan fingerprint density at radius 3 is 2.83 bits per heavy atom. The van der Waals surface area contributed by atoms with E-state index in [2.05, 4.69) is 0 Å². The molecule has 0 aliphatic rings. The second-order valence-corrected chi connectivity index (χ2v) is 4.72. The van der Waals surface area contributed by atoms with Crippen molar-refractivity contribution >= 4 is 17.5 Å². The van der Waals surface area contributed by atoms with Gasteiger partial charge in [0.15, 0.2) is 0 Å². The number of methoxy groups -OCH3 is 1. The molecule has 1 amide bonds. The minimum absolute atomic E-state index is 0.214. The van der Waals surface area contributed by atoms with Crippen LogP contribution in [-0.4, -0.2) is 48.1 Å². The fraction of sp³-hybridized carbons (Fsp3) is 0.500. The Balaban J connectivity index is 2.74. The van der Waals surface area contributed by atoms with E-state index >= 15 is 0 Å². The van der Waals surface area contributed by atoms with Crippen LogP contribution >= 0.6 is 11.6 Å². The molecule has 0 saturated heterocycles. The molecule has 0 spiro atoms. The number of hydrogen-bond acceptors (Lipinski definition) is 3. The highest BCUT2D eigenvalue weighted by Gasteiger charge is 2.16. The predicted molar refractivity (Wildman–Crippen MR) is 70.2 cm³/mol. The molecule has 5 nitrogen and oxygen atoms in total. The molecule has 0 saturated carbocycles. The van der Waals surface area contributed by atoms with E-state index in [0.717, 1.165) is 0 Å². The first-order valence-corrected chi connectivity index (χ1v) is 5.94. The highest BCUT2D eigenvalue weighted by atomic mass is 35.5. The van der Waals surface area contributed by atoms with E-state index in [0.29, 0.717) is 18.7 Å². The Morgan fingerprint density at radius 2 is 2.28 bits per heavy atom. The molecule has 6 heteroatoms. The van der Waals surface area contributed by atoms with Crippen molar-refractivity contribution in [2.45, 2.75) is 5.38 Å². The third-order valence-electron chi connectivity index (χ3n) is 2.52. The van der Waals surface area contributed by atoms with Gasteiger partial charge >= 0.3 is 0 Å². The monoisotopic (exact) mass is 272 g/mol. The number of carbonyl (C=O) groups excluding carboxylic acids is 1. The lowest BCUT2D eigenvalue weighted by atomic mass is 10.2. The van der Waals surface area contributed by atoms with Gasteiger partial charge in [0.25, 0.3) is 11.5 Å². The summed E-state index contributed by atoms with van der Waals surface area (Å²) in [6.45, 7) is 0.735. The number of aryl methyl sites for hydroxylation is 1. The summed E-state index contributed by atoms with van der Waals surface area (Å²) in [5.41, 5.74) is 0.149. The van der Waals surface area contributed by atoms with Crippen LogP contribution in [-0.2, 0) is 11.8 Å². The van der Waals surface area contributed by atoms with E-state index in [4.69, 9.17) is 16.3 Å². The quantitative estimate of drug-likeness (QED) is 0.742. The second kappa shape index (κ2) is 6.56. The van der Waals surface area contributed by atoms with Gasteiger partial charge in [-0.05, 0) is 6.07 Å². The number of amides is 1. The van der Waals surface area contributed by atoms with E-state index < -0.39 is 0 Å². The van der Waals surface area contributed by atoms with Gasteiger partial charge in [0.2, 0.25) is 0 Å². The number of halogens is 1. The summed E-state index contributed by atoms with van der Waals surface area (Å²) in [5.74, 6) is -0.227. The van der Waals surface area contributed by atoms with Crippen molar-refractivity contribution in [3.63, 3.8) is 0 Å². The lowest BCUT2D eigenvalue weighted by molar-refractivity contribution is 0.0781. The van der Waals surface area contributed by atoms with E-state index in [-0.39, 0.29) is 16.8 Å². The summed E-state index contributed by atoms with van der Waals surface area (Å²) >= 11 is 5.98. The van der Waals surface area contributed by atoms with Crippen LogP contribution in [0.4, 0.5) is 0 Å². The highest BCUT2D eigenvalue weighted by Crippen LogP contribution is 2.04. The van der Waals surface area contributed by atoms with Gasteiger partial charge < -0.3 is 14.2 Å². The number of nitrogens with zero attached hydrogens (tertiary/aromatic N) is 2. The normalized spacial score (nSPS) is 12.2. The molecular formula is C12H17ClN2O3. The van der Waals surface area contributed by atoms with Crippen molar-refractivity contribution in [1.29, 1.82) is 0 Å². The minimum atomic E-state index is -0.268. The summed E-state index contributed by atoms with van der Waals surface area (Å²) in [6.07, 6.45) is 1.57. The van der Waals surface area contributed by atoms with Crippen LogP contribution in [0, 0.1) is 0 Å². The van der Waals surface area contributed by atoms with Gasteiger partial charge in [-0.3, -0.25) is 9.59 Å². The van der Waals surface area contributed by atoms with Gasteiger partial charge in [-0.15, -0.1) is 11.6 Å². The molecule has 0 N–H and O–H groups in total. The molecule has 1 aromatic rings. The number of hydrogen-bond donors (Lipinski definition) is 0. The predicted octanol–water partition coefficient (Wildman–Crippen LogP) is 0.711. The molecule has 0 aliphatic heterocycles. The summed E-state index contributed by atoms with van der Waals surface area (Å²) in [7, 11) is 4.83. The summed E-state index contributed by atoms with van der Waals surface area (Å²) in [4.78, 5) is 24.9. The van der Waals surface area contributed by atoms with E-state index in [1.54, 1.807) is 33.5 Å². The highest BCUT2D eigenvalue weighted by molar-refractivity contribution is 6.21. The molecule has 1 atom stereocenters. The summed E-state index contributed by atoms with van der Waals surface area (Å²) in [5, 5.41) is -0.268. The molecular weight excluding hydrogens is 256 g/mol. The van der Waals surface area contributed by atoms with Gasteiger partial charge in [0, 0.05) is 45.6 Å². The first kappa shape index (κ1) is 14.7. The van der Waals surface area contributed by atoms with Crippen LogP contribution in [0.15, 0.2) is 23.1 Å². The maximum Gasteiger partial charge on any atom is 0.253 e. The van der Waals surface area contributed by atoms with Gasteiger partial charge in [0.05, 0.1) is 12.0 Å². The molecule has 1 unspecified atom stereocenters. The maximum absolute atomic E-state index is 12.0. The first-order chi connectivity index (χ1) is 8.45. The van der Waals surface area contributed by atoms with E-state index in [9.17, 15) is 9.59 Å². The van der Waals surface area contributed by atoms with Crippen molar-refractivity contribution in [1.82, 2.24) is 9.47 Å². The molecule has 0 radical (unpaired) electrons. The van der Waals surface area contributed by atoms with E-state index in [1.165, 1.54) is 15.5 Å². The minimum Gasteiger partial charge on any atom is -0.383 e. The van der Waals surface area contributed by atoms with Gasteiger partial charge in [0.1, 0.15) is 0 Å². The van der Waals surface area contributed by atoms with Crippen LogP contribution in [0.2, 0.25) is 0 Å². The Hall–Kier alpha value is -1.33. The van der Waals surface area contributed by atoms with Crippen molar-refractivity contribution in [3.05, 3.63) is 34.2 Å². The molecule has 18 heavy (non-hydrogen) atoms. The molecule has 100 valence electrons. The summed E-state index contributed by atoms with van der Waals surface area (Å²) in [6, 6.07) is 2.93. The smallest absolute Gasteiger partial charge is 0.253 e. The third-order valence-corrected chi connectivity index (χ3v) is 2.78. The van der Waals surface area contributed by atoms with Crippen molar-refractivity contribution in [3.8, 4) is 0 Å². The second-order valence-electron chi connectivity index (χ2n) is 4.10. The standard InChI is InChI=1S/C12H17ClN2O3/c1-14-5-4-9(6-11(14)16)12(17)15(2)7-10(13)8-18-3/h4-6,10H,7-8H2,1-3H3. The van der Waals surface area contributed by atoms with Gasteiger partial charge in [-0.25, -0.2) is 0 Å². The number of ether oxygens (including phenoxy) is 1. The molecule has 0 bridgehead atoms. The van der Waals surface area contributed by atoms with Crippen LogP contribution < -0.4 is 5.56 Å². The van der Waals surface area contributed by atoms with Crippen LogP contribution in [0.5, 0.6) is 0 Å². The van der Waals surface area contributed by atoms with E-state index in [1.807, 2.05) is 0 Å². The van der Waals surface area contributed by atoms with Gasteiger partial charge in [-0.1, -0.05) is 0 Å². The number of aromatic nitrogens is 1. The third kappa shape index (κ3) is 3.85. The number of pyridine rings is 1. The topological polar surface area (TPSA) is 51.5 Å². The van der Waals surface area contributed by atoms with Crippen molar-refractivity contribution < 1.29 is 9.53 Å². The number of alkyl halides is 1. The Bertz CT molecular complexity index is 473. The maximum atomic E-state index is 12.0. The van der Waals surface area contributed by atoms with Crippen molar-refractivity contribution in [2.24, 2.45) is 7.05 Å². The number of carbonyl (C=O) groups is 1. The Labute approximate surface area is 111 Å². The fourth-order valence-electron chi connectivity index (χ4n) is 1.52. The first-order valence-electron chi connectivity index (χ1n) is 5.51. The number of rotatable bonds is 5. The lowest BCUT2D eigenvalue weighted by Gasteiger charge is -2.20. The van der Waals surface area contributed by atoms with Crippen LogP contribution in [0.25, 0.3) is 0 Å². The molecule has 0 fully saturated rings. The fourth-order valence-corrected chi connectivity index (χ4v) is 1.85. The summed E-state index contributed by atoms with van der Waals surface area (Å²) < 4.78 is 6.31. The average Bonchev–Trinajstić information content (AvgIpc) is 2.32. The Kier molecular flexibility index (Phi) is 5.37. The molecule has 1 heterocycles.